The van der Waals surface area contributed by atoms with Gasteiger partial charge in [0.2, 0.25) is 15.2 Å². The van der Waals surface area contributed by atoms with Crippen LogP contribution in [0.5, 0.6) is 0 Å². The lowest BCUT2D eigenvalue weighted by molar-refractivity contribution is 0.322. The number of nitrogens with one attached hydrogen (secondary N) is 2. The van der Waals surface area contributed by atoms with Crippen LogP contribution in [0.2, 0.25) is 0 Å². The minimum Gasteiger partial charge on any atom is -0.360 e. The van der Waals surface area contributed by atoms with Crippen molar-refractivity contribution in [3.63, 3.8) is 0 Å². The van der Waals surface area contributed by atoms with Gasteiger partial charge in [-0.05, 0) is 76.6 Å². The molecule has 28 heavy (non-hydrogen) atoms. The second-order valence-corrected chi connectivity index (χ2v) is 11.7. The van der Waals surface area contributed by atoms with Gasteiger partial charge < -0.3 is 5.32 Å². The molecule has 0 aliphatic heterocycles. The molecule has 0 amide bonds. The largest absolute Gasteiger partial charge is 0.360 e. The molecule has 1 fully saturated rings. The topological polar surface area (TPSA) is 84.0 Å². The Labute approximate surface area is 170 Å². The Hall–Kier alpha value is -1.58. The Bertz CT molecular complexity index is 883. The van der Waals surface area contributed by atoms with E-state index in [0.29, 0.717) is 5.92 Å². The van der Waals surface area contributed by atoms with Crippen molar-refractivity contribution in [3.8, 4) is 10.6 Å². The van der Waals surface area contributed by atoms with Crippen molar-refractivity contribution in [1.29, 1.82) is 0 Å². The van der Waals surface area contributed by atoms with Crippen LogP contribution in [-0.4, -0.2) is 35.9 Å². The van der Waals surface area contributed by atoms with E-state index in [1.54, 1.807) is 32.9 Å². The van der Waals surface area contributed by atoms with E-state index in [4.69, 9.17) is 0 Å². The van der Waals surface area contributed by atoms with Crippen molar-refractivity contribution in [2.75, 3.05) is 11.9 Å². The molecule has 0 saturated heterocycles. The van der Waals surface area contributed by atoms with Crippen LogP contribution in [-0.2, 0) is 10.0 Å². The predicted molar refractivity (Wildman–Crippen MR) is 111 cm³/mol. The van der Waals surface area contributed by atoms with Crippen LogP contribution >= 0.6 is 11.3 Å². The number of hydrogen-bond donors (Lipinski definition) is 2. The van der Waals surface area contributed by atoms with Crippen molar-refractivity contribution in [2.24, 2.45) is 5.92 Å². The van der Waals surface area contributed by atoms with Gasteiger partial charge in [0.1, 0.15) is 10.8 Å². The van der Waals surface area contributed by atoms with E-state index < -0.39 is 14.8 Å². The maximum Gasteiger partial charge on any atom is 0.216 e. The molecule has 2 aromatic rings. The molecular formula is C19H27FN4O2S2. The summed E-state index contributed by atoms with van der Waals surface area (Å²) >= 11 is 1.44. The van der Waals surface area contributed by atoms with Gasteiger partial charge in [0, 0.05) is 18.2 Å². The number of nitrogens with zero attached hydrogens (tertiary/aromatic N) is 2. The lowest BCUT2D eigenvalue weighted by Gasteiger charge is -2.31. The highest BCUT2D eigenvalue weighted by atomic mass is 32.2. The molecule has 0 radical (unpaired) electrons. The number of aromatic nitrogens is 2. The van der Waals surface area contributed by atoms with Crippen LogP contribution in [0.4, 0.5) is 9.52 Å². The van der Waals surface area contributed by atoms with E-state index in [0.717, 1.165) is 47.9 Å². The Kier molecular flexibility index (Phi) is 6.36. The number of anilines is 1. The highest BCUT2D eigenvalue weighted by molar-refractivity contribution is 7.90. The number of halogens is 1. The average molecular weight is 427 g/mol. The first kappa shape index (κ1) is 21.1. The Morgan fingerprint density at radius 2 is 1.75 bits per heavy atom. The zero-order chi connectivity index (χ0) is 20.4. The fraction of sp³-hybridized carbons (Fsp3) is 0.579. The normalized spacial score (nSPS) is 20.9. The molecule has 1 aliphatic rings. The van der Waals surface area contributed by atoms with E-state index in [1.165, 1.54) is 23.5 Å². The third-order valence-electron chi connectivity index (χ3n) is 5.03. The molecule has 0 atom stereocenters. The highest BCUT2D eigenvalue weighted by Crippen LogP contribution is 2.29. The van der Waals surface area contributed by atoms with Crippen molar-refractivity contribution < 1.29 is 12.8 Å². The van der Waals surface area contributed by atoms with Gasteiger partial charge in [-0.2, -0.15) is 0 Å². The van der Waals surface area contributed by atoms with Gasteiger partial charge in [0.25, 0.3) is 0 Å². The van der Waals surface area contributed by atoms with Gasteiger partial charge in [-0.3, -0.25) is 0 Å². The van der Waals surface area contributed by atoms with Gasteiger partial charge in [-0.25, -0.2) is 17.5 Å². The van der Waals surface area contributed by atoms with Crippen LogP contribution in [0.1, 0.15) is 46.5 Å². The molecule has 9 heteroatoms. The molecule has 154 valence electrons. The number of hydrogen-bond acceptors (Lipinski definition) is 6. The summed E-state index contributed by atoms with van der Waals surface area (Å²) in [6.07, 6.45) is 3.62. The Morgan fingerprint density at radius 3 is 2.36 bits per heavy atom. The quantitative estimate of drug-likeness (QED) is 0.728. The van der Waals surface area contributed by atoms with Crippen LogP contribution in [0.3, 0.4) is 0 Å². The summed E-state index contributed by atoms with van der Waals surface area (Å²) < 4.78 is 39.7. The molecular weight excluding hydrogens is 399 g/mol. The molecule has 6 nitrogen and oxygen atoms in total. The zero-order valence-corrected chi connectivity index (χ0v) is 18.0. The van der Waals surface area contributed by atoms with Gasteiger partial charge in [0.05, 0.1) is 4.75 Å². The summed E-state index contributed by atoms with van der Waals surface area (Å²) in [7, 11) is -3.30. The second kappa shape index (κ2) is 8.42. The smallest absolute Gasteiger partial charge is 0.216 e. The first-order chi connectivity index (χ1) is 13.1. The molecule has 2 N–H and O–H groups in total. The first-order valence-corrected chi connectivity index (χ1v) is 11.8. The zero-order valence-electron chi connectivity index (χ0n) is 16.4. The van der Waals surface area contributed by atoms with Crippen molar-refractivity contribution in [3.05, 3.63) is 30.1 Å². The number of sulfonamides is 1. The van der Waals surface area contributed by atoms with E-state index in [9.17, 15) is 12.8 Å². The molecule has 0 unspecified atom stereocenters. The lowest BCUT2D eigenvalue weighted by Crippen LogP contribution is -2.46. The number of benzene rings is 1. The van der Waals surface area contributed by atoms with Crippen molar-refractivity contribution >= 4 is 26.5 Å². The van der Waals surface area contributed by atoms with Crippen molar-refractivity contribution in [1.82, 2.24) is 14.9 Å². The van der Waals surface area contributed by atoms with Crippen LogP contribution in [0.15, 0.2) is 24.3 Å². The highest BCUT2D eigenvalue weighted by Gasteiger charge is 2.32. The van der Waals surface area contributed by atoms with E-state index in [2.05, 4.69) is 20.2 Å². The van der Waals surface area contributed by atoms with E-state index in [1.807, 2.05) is 0 Å². The molecule has 1 aromatic carbocycles. The summed E-state index contributed by atoms with van der Waals surface area (Å²) in [5.41, 5.74) is 0.846. The first-order valence-electron chi connectivity index (χ1n) is 9.49. The molecule has 3 rings (SSSR count). The summed E-state index contributed by atoms with van der Waals surface area (Å²) in [4.78, 5) is 0. The standard InChI is InChI=1S/C19H27FN4O2S2/c1-19(2,3)28(25,26)24-16-10-4-13(5-11-16)12-21-18-23-22-17(27-18)14-6-8-15(20)9-7-14/h6-9,13,16,24H,4-5,10-12H2,1-3H3,(H,21,23). The van der Waals surface area contributed by atoms with Gasteiger partial charge in [-0.1, -0.05) is 11.3 Å². The van der Waals surface area contributed by atoms with Gasteiger partial charge >= 0.3 is 0 Å². The van der Waals surface area contributed by atoms with E-state index >= 15 is 0 Å². The van der Waals surface area contributed by atoms with Crippen LogP contribution in [0.25, 0.3) is 10.6 Å². The minimum absolute atomic E-state index is 0.0204. The Morgan fingerprint density at radius 1 is 1.11 bits per heavy atom. The lowest BCUT2D eigenvalue weighted by atomic mass is 9.86. The predicted octanol–water partition coefficient (Wildman–Crippen LogP) is 4.03. The average Bonchev–Trinajstić information content (AvgIpc) is 3.09. The Balaban J connectivity index is 1.47. The second-order valence-electron chi connectivity index (χ2n) is 8.25. The molecule has 1 heterocycles. The SMILES string of the molecule is CC(C)(C)S(=O)(=O)NC1CCC(CNc2nnc(-c3ccc(F)cc3)s2)CC1. The molecule has 0 bridgehead atoms. The molecule has 1 aromatic heterocycles. The van der Waals surface area contributed by atoms with Gasteiger partial charge in [0.15, 0.2) is 0 Å². The summed E-state index contributed by atoms with van der Waals surface area (Å²) in [5, 5.41) is 13.2. The fourth-order valence-corrected chi connectivity index (χ4v) is 4.90. The van der Waals surface area contributed by atoms with Crippen LogP contribution < -0.4 is 10.0 Å². The third kappa shape index (κ3) is 5.27. The minimum atomic E-state index is -3.30. The van der Waals surface area contributed by atoms with Crippen molar-refractivity contribution in [2.45, 2.75) is 57.2 Å². The summed E-state index contributed by atoms with van der Waals surface area (Å²) in [6, 6.07) is 6.23. The number of rotatable bonds is 6. The van der Waals surface area contributed by atoms with Crippen LogP contribution in [0, 0.1) is 11.7 Å². The van der Waals surface area contributed by atoms with Gasteiger partial charge in [-0.15, -0.1) is 10.2 Å². The third-order valence-corrected chi connectivity index (χ3v) is 8.22. The fourth-order valence-electron chi connectivity index (χ4n) is 3.12. The molecule has 0 spiro atoms. The summed E-state index contributed by atoms with van der Waals surface area (Å²) in [6.45, 7) is 5.93. The monoisotopic (exact) mass is 426 g/mol. The molecule has 1 saturated carbocycles. The summed E-state index contributed by atoms with van der Waals surface area (Å²) in [5.74, 6) is 0.209. The maximum absolute atomic E-state index is 13.0. The van der Waals surface area contributed by atoms with E-state index in [-0.39, 0.29) is 11.9 Å². The maximum atomic E-state index is 13.0. The molecule has 1 aliphatic carbocycles.